The number of hydrogen-bond donors (Lipinski definition) is 0. The lowest BCUT2D eigenvalue weighted by atomic mass is 10.1. The number of furan rings is 1. The van der Waals surface area contributed by atoms with Crippen LogP contribution in [0.5, 0.6) is 0 Å². The lowest BCUT2D eigenvalue weighted by molar-refractivity contribution is -0.114. The number of rotatable bonds is 5. The molecule has 1 amide bonds. The number of ether oxygens (including phenoxy) is 1. The summed E-state index contributed by atoms with van der Waals surface area (Å²) in [5, 5.41) is 14.3. The van der Waals surface area contributed by atoms with E-state index >= 15 is 0 Å². The highest BCUT2D eigenvalue weighted by molar-refractivity contribution is 14.1. The Balaban J connectivity index is 1.52. The van der Waals surface area contributed by atoms with Gasteiger partial charge in [-0.05, 0) is 84.1 Å². The molecule has 7 nitrogen and oxygen atoms in total. The summed E-state index contributed by atoms with van der Waals surface area (Å²) in [6.07, 6.45) is 1.67. The number of carbonyl (C=O) groups excluding carboxylic acids is 2. The molecule has 158 valence electrons. The summed E-state index contributed by atoms with van der Waals surface area (Å²) in [4.78, 5) is 24.7. The second-order valence-corrected chi connectivity index (χ2v) is 8.10. The van der Waals surface area contributed by atoms with E-state index in [0.29, 0.717) is 34.1 Å². The van der Waals surface area contributed by atoms with Crippen LogP contribution >= 0.6 is 22.6 Å². The second-order valence-electron chi connectivity index (χ2n) is 6.85. The number of halogens is 1. The van der Waals surface area contributed by atoms with Crippen molar-refractivity contribution in [3.63, 3.8) is 0 Å². The van der Waals surface area contributed by atoms with Gasteiger partial charge in [-0.15, -0.1) is 0 Å². The maximum Gasteiger partial charge on any atom is 0.339 e. The van der Waals surface area contributed by atoms with Gasteiger partial charge in [0.2, 0.25) is 0 Å². The van der Waals surface area contributed by atoms with Gasteiger partial charge < -0.3 is 9.15 Å². The van der Waals surface area contributed by atoms with Crippen LogP contribution in [-0.2, 0) is 9.53 Å². The third-order valence-corrected chi connectivity index (χ3v) is 5.44. The van der Waals surface area contributed by atoms with E-state index in [1.54, 1.807) is 55.5 Å². The third-order valence-electron chi connectivity index (χ3n) is 4.72. The van der Waals surface area contributed by atoms with Crippen molar-refractivity contribution in [3.05, 3.63) is 81.1 Å². The van der Waals surface area contributed by atoms with Gasteiger partial charge in [-0.25, -0.2) is 4.79 Å². The number of benzene rings is 2. The van der Waals surface area contributed by atoms with Gasteiger partial charge in [0, 0.05) is 9.13 Å². The van der Waals surface area contributed by atoms with Gasteiger partial charge in [-0.2, -0.15) is 15.4 Å². The van der Waals surface area contributed by atoms with Crippen molar-refractivity contribution in [1.82, 2.24) is 0 Å². The molecule has 2 heterocycles. The molecule has 1 aliphatic rings. The van der Waals surface area contributed by atoms with Crippen LogP contribution in [-0.4, -0.2) is 24.2 Å². The van der Waals surface area contributed by atoms with Crippen molar-refractivity contribution in [3.8, 4) is 17.4 Å². The van der Waals surface area contributed by atoms with E-state index in [1.807, 2.05) is 24.3 Å². The molecule has 2 aromatic carbocycles. The predicted octanol–water partition coefficient (Wildman–Crippen LogP) is 5.04. The summed E-state index contributed by atoms with van der Waals surface area (Å²) in [6.45, 7) is 1.49. The lowest BCUT2D eigenvalue weighted by Gasteiger charge is -2.11. The summed E-state index contributed by atoms with van der Waals surface area (Å²) in [7, 11) is 0. The van der Waals surface area contributed by atoms with Gasteiger partial charge in [0.1, 0.15) is 17.6 Å². The first-order valence-corrected chi connectivity index (χ1v) is 10.7. The Labute approximate surface area is 197 Å². The highest BCUT2D eigenvalue weighted by Crippen LogP contribution is 2.28. The van der Waals surface area contributed by atoms with E-state index in [9.17, 15) is 9.59 Å². The Morgan fingerprint density at radius 3 is 2.56 bits per heavy atom. The zero-order valence-corrected chi connectivity index (χ0v) is 19.1. The zero-order valence-electron chi connectivity index (χ0n) is 16.9. The summed E-state index contributed by atoms with van der Waals surface area (Å²) in [5.74, 6) is 0.320. The number of hydrazone groups is 1. The molecular formula is C24H16IN3O4. The van der Waals surface area contributed by atoms with Crippen molar-refractivity contribution < 1.29 is 18.7 Å². The van der Waals surface area contributed by atoms with Crippen LogP contribution in [0.1, 0.15) is 23.0 Å². The van der Waals surface area contributed by atoms with Crippen molar-refractivity contribution >= 4 is 51.9 Å². The highest BCUT2D eigenvalue weighted by atomic mass is 127. The number of carbonyl (C=O) groups is 2. The molecule has 0 atom stereocenters. The standard InChI is InChI=1S/C24H16IN3O4/c1-15-21(23(29)28(27-15)19-8-6-18(25)7-9-19)14-20-10-11-22(32-20)16-2-4-17(5-3-16)24(30)31-13-12-26/h2-11,14H,13H2,1H3/b21-14-. The molecule has 0 unspecified atom stereocenters. The fraction of sp³-hybridized carbons (Fsp3) is 0.0833. The Bertz CT molecular complexity index is 1280. The first kappa shape index (κ1) is 21.5. The second kappa shape index (κ2) is 9.20. The molecular weight excluding hydrogens is 521 g/mol. The molecule has 1 aliphatic heterocycles. The highest BCUT2D eigenvalue weighted by Gasteiger charge is 2.29. The minimum Gasteiger partial charge on any atom is -0.457 e. The van der Waals surface area contributed by atoms with Gasteiger partial charge in [0.25, 0.3) is 5.91 Å². The van der Waals surface area contributed by atoms with Gasteiger partial charge in [0.15, 0.2) is 6.61 Å². The molecule has 3 aromatic rings. The van der Waals surface area contributed by atoms with Gasteiger partial charge in [-0.3, -0.25) is 4.79 Å². The van der Waals surface area contributed by atoms with E-state index in [0.717, 1.165) is 9.13 Å². The molecule has 0 aliphatic carbocycles. The molecule has 0 N–H and O–H groups in total. The molecule has 4 rings (SSSR count). The zero-order chi connectivity index (χ0) is 22.7. The van der Waals surface area contributed by atoms with E-state index in [1.165, 1.54) is 5.01 Å². The minimum atomic E-state index is -0.560. The molecule has 32 heavy (non-hydrogen) atoms. The Hall–Kier alpha value is -3.71. The number of anilines is 1. The fourth-order valence-corrected chi connectivity index (χ4v) is 3.48. The quantitative estimate of drug-likeness (QED) is 0.258. The van der Waals surface area contributed by atoms with Crippen LogP contribution in [0, 0.1) is 14.9 Å². The Morgan fingerprint density at radius 2 is 1.88 bits per heavy atom. The van der Waals surface area contributed by atoms with Gasteiger partial charge in [0.05, 0.1) is 22.5 Å². The number of esters is 1. The number of nitriles is 1. The molecule has 0 spiro atoms. The van der Waals surface area contributed by atoms with E-state index < -0.39 is 5.97 Å². The molecule has 0 bridgehead atoms. The average molecular weight is 537 g/mol. The Kier molecular flexibility index (Phi) is 6.18. The largest absolute Gasteiger partial charge is 0.457 e. The maximum absolute atomic E-state index is 12.9. The number of nitrogens with zero attached hydrogens (tertiary/aromatic N) is 3. The van der Waals surface area contributed by atoms with Crippen molar-refractivity contribution in [1.29, 1.82) is 5.26 Å². The van der Waals surface area contributed by atoms with Gasteiger partial charge >= 0.3 is 5.97 Å². The van der Waals surface area contributed by atoms with E-state index in [-0.39, 0.29) is 12.5 Å². The predicted molar refractivity (Wildman–Crippen MR) is 128 cm³/mol. The maximum atomic E-state index is 12.9. The smallest absolute Gasteiger partial charge is 0.339 e. The molecule has 0 saturated carbocycles. The van der Waals surface area contributed by atoms with Crippen LogP contribution in [0.2, 0.25) is 0 Å². The summed E-state index contributed by atoms with van der Waals surface area (Å²) < 4.78 is 11.8. The van der Waals surface area contributed by atoms with E-state index in [2.05, 4.69) is 27.7 Å². The first-order valence-electron chi connectivity index (χ1n) is 9.58. The molecule has 0 radical (unpaired) electrons. The SMILES string of the molecule is CC1=NN(c2ccc(I)cc2)C(=O)/C1=C\c1ccc(-c2ccc(C(=O)OCC#N)cc2)o1. The fourth-order valence-electron chi connectivity index (χ4n) is 3.12. The normalized spacial score (nSPS) is 14.4. The summed E-state index contributed by atoms with van der Waals surface area (Å²) >= 11 is 2.21. The number of amides is 1. The van der Waals surface area contributed by atoms with E-state index in [4.69, 9.17) is 14.4 Å². The van der Waals surface area contributed by atoms with Crippen molar-refractivity contribution in [2.75, 3.05) is 11.6 Å². The average Bonchev–Trinajstić information content (AvgIpc) is 3.38. The third kappa shape index (κ3) is 4.48. The van der Waals surface area contributed by atoms with Crippen LogP contribution in [0.15, 0.2) is 75.8 Å². The van der Waals surface area contributed by atoms with Crippen molar-refractivity contribution in [2.24, 2.45) is 5.10 Å². The van der Waals surface area contributed by atoms with Crippen LogP contribution < -0.4 is 5.01 Å². The number of hydrogen-bond acceptors (Lipinski definition) is 6. The molecule has 0 fully saturated rings. The topological polar surface area (TPSA) is 95.9 Å². The van der Waals surface area contributed by atoms with Crippen LogP contribution in [0.3, 0.4) is 0 Å². The minimum absolute atomic E-state index is 0.220. The summed E-state index contributed by atoms with van der Waals surface area (Å²) in [6, 6.07) is 19.5. The van der Waals surface area contributed by atoms with Gasteiger partial charge in [-0.1, -0.05) is 12.1 Å². The van der Waals surface area contributed by atoms with Crippen LogP contribution in [0.25, 0.3) is 17.4 Å². The molecule has 1 aromatic heterocycles. The first-order chi connectivity index (χ1) is 15.5. The Morgan fingerprint density at radius 1 is 1.16 bits per heavy atom. The van der Waals surface area contributed by atoms with Crippen LogP contribution in [0.4, 0.5) is 5.69 Å². The summed E-state index contributed by atoms with van der Waals surface area (Å²) in [5.41, 5.74) is 2.87. The lowest BCUT2D eigenvalue weighted by Crippen LogP contribution is -2.21. The monoisotopic (exact) mass is 537 g/mol. The van der Waals surface area contributed by atoms with Crippen molar-refractivity contribution in [2.45, 2.75) is 6.92 Å². The molecule has 0 saturated heterocycles. The molecule has 8 heteroatoms.